The van der Waals surface area contributed by atoms with Crippen LogP contribution in [0.25, 0.3) is 0 Å². The number of halogens is 1. The van der Waals surface area contributed by atoms with Crippen LogP contribution in [0, 0.1) is 13.8 Å². The molecule has 27 heavy (non-hydrogen) atoms. The van der Waals surface area contributed by atoms with E-state index in [1.54, 1.807) is 18.2 Å². The van der Waals surface area contributed by atoms with Gasteiger partial charge in [-0.05, 0) is 43.2 Å². The maximum absolute atomic E-state index is 12.3. The van der Waals surface area contributed by atoms with Crippen LogP contribution < -0.4 is 15.4 Å². The fourth-order valence-corrected chi connectivity index (χ4v) is 2.85. The summed E-state index contributed by atoms with van der Waals surface area (Å²) in [6.45, 7) is 4.04. The topological polar surface area (TPSA) is 76.1 Å². The first-order valence-electron chi connectivity index (χ1n) is 8.28. The second-order valence-corrected chi connectivity index (χ2v) is 6.39. The minimum atomic E-state index is -0.373. The fraction of sp³-hybridized carbons (Fsp3) is 0.150. The van der Waals surface area contributed by atoms with E-state index in [2.05, 4.69) is 20.6 Å². The number of hydrogen-bond acceptors (Lipinski definition) is 5. The minimum Gasteiger partial charge on any atom is -0.495 e. The van der Waals surface area contributed by atoms with Gasteiger partial charge < -0.3 is 15.4 Å². The third-order valence-corrected chi connectivity index (χ3v) is 4.32. The normalized spacial score (nSPS) is 10.4. The van der Waals surface area contributed by atoms with Gasteiger partial charge >= 0.3 is 0 Å². The van der Waals surface area contributed by atoms with Crippen LogP contribution in [0.3, 0.4) is 0 Å². The number of amides is 1. The van der Waals surface area contributed by atoms with Crippen molar-refractivity contribution in [3.05, 3.63) is 70.6 Å². The predicted octanol–water partition coefficient (Wildman–Crippen LogP) is 4.75. The van der Waals surface area contributed by atoms with E-state index in [0.29, 0.717) is 22.3 Å². The molecule has 0 unspecified atom stereocenters. The highest BCUT2D eigenvalue weighted by molar-refractivity contribution is 6.32. The number of carbonyl (C=O) groups is 1. The summed E-state index contributed by atoms with van der Waals surface area (Å²) in [5.41, 5.74) is 3.95. The van der Waals surface area contributed by atoms with E-state index in [4.69, 9.17) is 16.3 Å². The van der Waals surface area contributed by atoms with E-state index in [9.17, 15) is 4.79 Å². The van der Waals surface area contributed by atoms with Crippen LogP contribution in [0.15, 0.2) is 48.8 Å². The van der Waals surface area contributed by atoms with E-state index in [1.807, 2.05) is 32.0 Å². The lowest BCUT2D eigenvalue weighted by atomic mass is 10.1. The van der Waals surface area contributed by atoms with Crippen LogP contribution >= 0.6 is 11.6 Å². The number of nitrogens with zero attached hydrogens (tertiary/aromatic N) is 2. The zero-order chi connectivity index (χ0) is 19.4. The summed E-state index contributed by atoms with van der Waals surface area (Å²) in [5, 5.41) is 6.39. The second-order valence-electron chi connectivity index (χ2n) is 5.98. The van der Waals surface area contributed by atoms with Crippen LogP contribution in [0.1, 0.15) is 21.6 Å². The molecule has 0 aliphatic rings. The first-order chi connectivity index (χ1) is 13.0. The van der Waals surface area contributed by atoms with Crippen molar-refractivity contribution in [2.45, 2.75) is 13.8 Å². The van der Waals surface area contributed by atoms with Gasteiger partial charge in [0.2, 0.25) is 0 Å². The van der Waals surface area contributed by atoms with Crippen molar-refractivity contribution in [2.75, 3.05) is 17.7 Å². The van der Waals surface area contributed by atoms with E-state index in [0.717, 1.165) is 16.8 Å². The number of hydrogen-bond donors (Lipinski definition) is 2. The number of methoxy groups -OCH3 is 1. The molecule has 2 N–H and O–H groups in total. The molecule has 6 nitrogen and oxygen atoms in total. The van der Waals surface area contributed by atoms with Gasteiger partial charge in [-0.1, -0.05) is 29.8 Å². The summed E-state index contributed by atoms with van der Waals surface area (Å²) in [6.07, 6.45) is 2.96. The number of benzene rings is 2. The lowest BCUT2D eigenvalue weighted by Crippen LogP contribution is -2.14. The molecule has 0 atom stereocenters. The number of rotatable bonds is 5. The Kier molecular flexibility index (Phi) is 5.57. The molecule has 0 bridgehead atoms. The van der Waals surface area contributed by atoms with Gasteiger partial charge in [0.1, 0.15) is 17.3 Å². The Labute approximate surface area is 162 Å². The number of anilines is 3. The Morgan fingerprint density at radius 1 is 1.07 bits per heavy atom. The van der Waals surface area contributed by atoms with Gasteiger partial charge in [-0.15, -0.1) is 0 Å². The van der Waals surface area contributed by atoms with Crippen molar-refractivity contribution in [1.29, 1.82) is 0 Å². The predicted molar refractivity (Wildman–Crippen MR) is 107 cm³/mol. The van der Waals surface area contributed by atoms with Gasteiger partial charge in [0.15, 0.2) is 0 Å². The summed E-state index contributed by atoms with van der Waals surface area (Å²) < 4.78 is 5.09. The lowest BCUT2D eigenvalue weighted by molar-refractivity contribution is 0.102. The summed E-state index contributed by atoms with van der Waals surface area (Å²) in [5.74, 6) is 0.732. The largest absolute Gasteiger partial charge is 0.495 e. The number of para-hydroxylation sites is 1. The Morgan fingerprint density at radius 2 is 1.81 bits per heavy atom. The highest BCUT2D eigenvalue weighted by Crippen LogP contribution is 2.27. The van der Waals surface area contributed by atoms with Gasteiger partial charge in [-0.3, -0.25) is 4.79 Å². The first-order valence-corrected chi connectivity index (χ1v) is 8.66. The molecule has 2 aromatic carbocycles. The molecular formula is C20H19ClN4O2. The number of aromatic nitrogens is 2. The lowest BCUT2D eigenvalue weighted by Gasteiger charge is -2.12. The molecule has 0 aliphatic heterocycles. The Bertz CT molecular complexity index is 954. The number of carbonyl (C=O) groups excluding carboxylic acids is 1. The maximum atomic E-state index is 12.3. The molecule has 1 heterocycles. The van der Waals surface area contributed by atoms with Crippen LogP contribution in [-0.4, -0.2) is 23.0 Å². The van der Waals surface area contributed by atoms with Gasteiger partial charge in [-0.2, -0.15) is 0 Å². The molecule has 0 aliphatic carbocycles. The van der Waals surface area contributed by atoms with E-state index < -0.39 is 0 Å². The van der Waals surface area contributed by atoms with E-state index in [-0.39, 0.29) is 11.6 Å². The molecule has 3 aromatic rings. The zero-order valence-corrected chi connectivity index (χ0v) is 16.0. The van der Waals surface area contributed by atoms with Gasteiger partial charge in [-0.25, -0.2) is 9.97 Å². The Morgan fingerprint density at radius 3 is 2.41 bits per heavy atom. The number of nitrogens with one attached hydrogen (secondary N) is 2. The van der Waals surface area contributed by atoms with E-state index in [1.165, 1.54) is 19.5 Å². The second kappa shape index (κ2) is 8.05. The Balaban J connectivity index is 1.71. The molecule has 0 saturated heterocycles. The van der Waals surface area contributed by atoms with Crippen LogP contribution in [0.4, 0.5) is 17.2 Å². The van der Waals surface area contributed by atoms with Crippen LogP contribution in [0.2, 0.25) is 5.02 Å². The summed E-state index contributed by atoms with van der Waals surface area (Å²) in [7, 11) is 1.53. The van der Waals surface area contributed by atoms with Crippen molar-refractivity contribution in [1.82, 2.24) is 9.97 Å². The minimum absolute atomic E-state index is 0.203. The number of ether oxygens (including phenoxy) is 1. The standard InChI is InChI=1S/C20H19ClN4O2/c1-12-5-4-6-13(2)19(12)25-18-11-22-16(10-23-18)20(26)24-14-7-8-17(27-3)15(21)9-14/h4-11H,1-3H3,(H,23,25)(H,24,26). The van der Waals surface area contributed by atoms with Crippen molar-refractivity contribution in [3.63, 3.8) is 0 Å². The summed E-state index contributed by atoms with van der Waals surface area (Å²) in [4.78, 5) is 20.8. The Hall–Kier alpha value is -3.12. The fourth-order valence-electron chi connectivity index (χ4n) is 2.59. The molecule has 0 radical (unpaired) electrons. The molecule has 0 saturated carbocycles. The van der Waals surface area contributed by atoms with Crippen molar-refractivity contribution >= 4 is 34.7 Å². The maximum Gasteiger partial charge on any atom is 0.275 e. The molecule has 1 amide bonds. The third-order valence-electron chi connectivity index (χ3n) is 4.03. The summed E-state index contributed by atoms with van der Waals surface area (Å²) in [6, 6.07) is 11.0. The average Bonchev–Trinajstić information content (AvgIpc) is 2.65. The van der Waals surface area contributed by atoms with Gasteiger partial charge in [0.25, 0.3) is 5.91 Å². The van der Waals surface area contributed by atoms with Crippen molar-refractivity contribution in [3.8, 4) is 5.75 Å². The monoisotopic (exact) mass is 382 g/mol. The quantitative estimate of drug-likeness (QED) is 0.665. The molecule has 7 heteroatoms. The molecule has 1 aromatic heterocycles. The van der Waals surface area contributed by atoms with Gasteiger partial charge in [0, 0.05) is 11.4 Å². The smallest absolute Gasteiger partial charge is 0.275 e. The van der Waals surface area contributed by atoms with Crippen LogP contribution in [0.5, 0.6) is 5.75 Å². The average molecular weight is 383 g/mol. The zero-order valence-electron chi connectivity index (χ0n) is 15.2. The SMILES string of the molecule is COc1ccc(NC(=O)c2cnc(Nc3c(C)cccc3C)cn2)cc1Cl. The molecular weight excluding hydrogens is 364 g/mol. The number of aryl methyl sites for hydroxylation is 2. The third kappa shape index (κ3) is 4.35. The molecule has 138 valence electrons. The molecule has 0 spiro atoms. The molecule has 3 rings (SSSR count). The van der Waals surface area contributed by atoms with Gasteiger partial charge in [0.05, 0.1) is 24.5 Å². The van der Waals surface area contributed by atoms with E-state index >= 15 is 0 Å². The van der Waals surface area contributed by atoms with Crippen LogP contribution in [-0.2, 0) is 0 Å². The molecule has 0 fully saturated rings. The first kappa shape index (κ1) is 18.7. The highest BCUT2D eigenvalue weighted by atomic mass is 35.5. The summed E-state index contributed by atoms with van der Waals surface area (Å²) >= 11 is 6.07. The van der Waals surface area contributed by atoms with Crippen molar-refractivity contribution in [2.24, 2.45) is 0 Å². The van der Waals surface area contributed by atoms with Crippen molar-refractivity contribution < 1.29 is 9.53 Å². The highest BCUT2D eigenvalue weighted by Gasteiger charge is 2.11.